The van der Waals surface area contributed by atoms with Crippen LogP contribution in [0, 0.1) is 18.3 Å². The maximum atomic E-state index is 13.3. The molecule has 206 valence electrons. The summed E-state index contributed by atoms with van der Waals surface area (Å²) in [5.41, 5.74) is 1.47. The van der Waals surface area contributed by atoms with Crippen LogP contribution in [-0.2, 0) is 35.5 Å². The van der Waals surface area contributed by atoms with Gasteiger partial charge in [0.25, 0.3) is 0 Å². The number of methoxy groups -OCH3 is 2. The molecule has 1 aliphatic heterocycles. The standard InChI is InChI=1S/C29H32N2O7S/c1-19-12-21(25-6-4-5-7-26(25)30-19)15-38-22-8-10-24(11-9-22)39(34,35)18-29(28(33)37-3)16-31(17-29)27(32)20-13-23(14-20)36-2/h4-12,20,23H,13-18H2,1-3H3. The largest absolute Gasteiger partial charge is 0.489 e. The molecule has 1 aliphatic carbocycles. The molecule has 1 aromatic heterocycles. The van der Waals surface area contributed by atoms with Crippen LogP contribution in [0.1, 0.15) is 24.1 Å². The smallest absolute Gasteiger partial charge is 0.316 e. The number of pyridine rings is 1. The number of fused-ring (bicyclic) bond motifs is 1. The molecule has 0 bridgehead atoms. The Balaban J connectivity index is 1.25. The molecule has 0 unspecified atom stereocenters. The highest BCUT2D eigenvalue weighted by Gasteiger charge is 2.56. The molecule has 39 heavy (non-hydrogen) atoms. The molecule has 0 N–H and O–H groups in total. The lowest BCUT2D eigenvalue weighted by molar-refractivity contribution is -0.170. The van der Waals surface area contributed by atoms with E-state index in [1.807, 2.05) is 37.3 Å². The SMILES string of the molecule is COC(=O)C1(CS(=O)(=O)c2ccc(OCc3cc(C)nc4ccccc34)cc2)CN(C(=O)C2CC(OC)C2)C1. The van der Waals surface area contributed by atoms with Crippen molar-refractivity contribution < 1.29 is 32.2 Å². The maximum Gasteiger partial charge on any atom is 0.316 e. The summed E-state index contributed by atoms with van der Waals surface area (Å²) in [5, 5.41) is 0.999. The number of carbonyl (C=O) groups excluding carboxylic acids is 2. The number of hydrogen-bond donors (Lipinski definition) is 0. The lowest BCUT2D eigenvalue weighted by Gasteiger charge is -2.49. The number of hydrogen-bond acceptors (Lipinski definition) is 8. The van der Waals surface area contributed by atoms with E-state index in [2.05, 4.69) is 4.98 Å². The average molecular weight is 553 g/mol. The van der Waals surface area contributed by atoms with Crippen molar-refractivity contribution >= 4 is 32.6 Å². The highest BCUT2D eigenvalue weighted by Crippen LogP contribution is 2.39. The first kappa shape index (κ1) is 27.1. The third kappa shape index (κ3) is 5.35. The second-order valence-corrected chi connectivity index (χ2v) is 12.4. The fraction of sp³-hybridized carbons (Fsp3) is 0.414. The molecule has 2 aliphatic rings. The van der Waals surface area contributed by atoms with Gasteiger partial charge in [0.05, 0.1) is 29.4 Å². The predicted molar refractivity (Wildman–Crippen MR) is 144 cm³/mol. The van der Waals surface area contributed by atoms with Crippen molar-refractivity contribution in [2.75, 3.05) is 33.1 Å². The first-order valence-electron chi connectivity index (χ1n) is 12.8. The van der Waals surface area contributed by atoms with Crippen molar-refractivity contribution in [1.29, 1.82) is 0 Å². The predicted octanol–water partition coefficient (Wildman–Crippen LogP) is 3.32. The lowest BCUT2D eigenvalue weighted by Crippen LogP contribution is -2.66. The van der Waals surface area contributed by atoms with E-state index in [0.717, 1.165) is 22.2 Å². The number of para-hydroxylation sites is 1. The Kier molecular flexibility index (Phi) is 7.35. The molecule has 9 nitrogen and oxygen atoms in total. The van der Waals surface area contributed by atoms with Crippen LogP contribution in [0.2, 0.25) is 0 Å². The summed E-state index contributed by atoms with van der Waals surface area (Å²) in [5.74, 6) is -0.768. The third-order valence-corrected chi connectivity index (χ3v) is 9.59. The normalized spacial score (nSPS) is 20.1. The molecule has 1 saturated heterocycles. The van der Waals surface area contributed by atoms with E-state index in [0.29, 0.717) is 25.2 Å². The zero-order valence-electron chi connectivity index (χ0n) is 22.3. The van der Waals surface area contributed by atoms with Gasteiger partial charge in [-0.05, 0) is 56.2 Å². The van der Waals surface area contributed by atoms with E-state index in [9.17, 15) is 18.0 Å². The van der Waals surface area contributed by atoms with Gasteiger partial charge in [-0.1, -0.05) is 18.2 Å². The van der Waals surface area contributed by atoms with Gasteiger partial charge >= 0.3 is 5.97 Å². The molecule has 2 heterocycles. The van der Waals surface area contributed by atoms with Crippen LogP contribution in [0.5, 0.6) is 5.75 Å². The number of esters is 1. The van der Waals surface area contributed by atoms with Gasteiger partial charge in [-0.25, -0.2) is 8.42 Å². The zero-order chi connectivity index (χ0) is 27.8. The van der Waals surface area contributed by atoms with Crippen LogP contribution in [0.4, 0.5) is 0 Å². The number of rotatable bonds is 9. The van der Waals surface area contributed by atoms with E-state index >= 15 is 0 Å². The van der Waals surface area contributed by atoms with Crippen LogP contribution in [0.25, 0.3) is 10.9 Å². The Morgan fingerprint density at radius 3 is 2.41 bits per heavy atom. The van der Waals surface area contributed by atoms with Gasteiger partial charge in [0.1, 0.15) is 17.8 Å². The molecule has 2 fully saturated rings. The summed E-state index contributed by atoms with van der Waals surface area (Å²) in [4.78, 5) is 31.6. The second kappa shape index (κ2) is 10.6. The van der Waals surface area contributed by atoms with Gasteiger partial charge in [-0.3, -0.25) is 14.6 Å². The molecular formula is C29H32N2O7S. The molecule has 2 aromatic carbocycles. The second-order valence-electron chi connectivity index (χ2n) is 10.5. The van der Waals surface area contributed by atoms with Crippen molar-refractivity contribution in [3.63, 3.8) is 0 Å². The minimum atomic E-state index is -3.85. The topological polar surface area (TPSA) is 112 Å². The first-order chi connectivity index (χ1) is 18.6. The first-order valence-corrected chi connectivity index (χ1v) is 14.5. The van der Waals surface area contributed by atoms with E-state index in [4.69, 9.17) is 14.2 Å². The minimum absolute atomic E-state index is 0.0202. The Morgan fingerprint density at radius 1 is 1.05 bits per heavy atom. The summed E-state index contributed by atoms with van der Waals surface area (Å²) in [7, 11) is -1.00. The summed E-state index contributed by atoms with van der Waals surface area (Å²) < 4.78 is 42.8. The molecule has 1 amide bonds. The van der Waals surface area contributed by atoms with E-state index in [1.165, 1.54) is 19.2 Å². The number of aromatic nitrogens is 1. The fourth-order valence-corrected chi connectivity index (χ4v) is 7.16. The van der Waals surface area contributed by atoms with Gasteiger partial charge in [-0.15, -0.1) is 0 Å². The molecule has 1 saturated carbocycles. The average Bonchev–Trinajstić information content (AvgIpc) is 2.88. The van der Waals surface area contributed by atoms with Crippen molar-refractivity contribution in [2.24, 2.45) is 11.3 Å². The van der Waals surface area contributed by atoms with Crippen LogP contribution in [0.3, 0.4) is 0 Å². The number of nitrogens with zero attached hydrogens (tertiary/aromatic N) is 2. The minimum Gasteiger partial charge on any atom is -0.489 e. The highest BCUT2D eigenvalue weighted by atomic mass is 32.2. The van der Waals surface area contributed by atoms with Gasteiger partial charge in [0.2, 0.25) is 5.91 Å². The number of ether oxygens (including phenoxy) is 3. The highest BCUT2D eigenvalue weighted by molar-refractivity contribution is 7.91. The fourth-order valence-electron chi connectivity index (χ4n) is 5.42. The maximum absolute atomic E-state index is 13.3. The van der Waals surface area contributed by atoms with E-state index in [-0.39, 0.29) is 35.9 Å². The number of carbonyl (C=O) groups is 2. The van der Waals surface area contributed by atoms with Crippen molar-refractivity contribution in [3.8, 4) is 5.75 Å². The quantitative estimate of drug-likeness (QED) is 0.372. The summed E-state index contributed by atoms with van der Waals surface area (Å²) >= 11 is 0. The van der Waals surface area contributed by atoms with Crippen LogP contribution in [0.15, 0.2) is 59.5 Å². The van der Waals surface area contributed by atoms with Crippen molar-refractivity contribution in [2.45, 2.75) is 37.4 Å². The summed E-state index contributed by atoms with van der Waals surface area (Å²) in [6, 6.07) is 16.0. The third-order valence-electron chi connectivity index (χ3n) is 7.67. The summed E-state index contributed by atoms with van der Waals surface area (Å²) in [6.45, 7) is 2.27. The Labute approximate surface area is 228 Å². The Hall–Kier alpha value is -3.50. The molecule has 10 heteroatoms. The van der Waals surface area contributed by atoms with E-state index in [1.54, 1.807) is 24.1 Å². The molecule has 3 aromatic rings. The summed E-state index contributed by atoms with van der Waals surface area (Å²) in [6.07, 6.45) is 1.35. The van der Waals surface area contributed by atoms with Gasteiger partial charge < -0.3 is 19.1 Å². The zero-order valence-corrected chi connectivity index (χ0v) is 23.1. The number of sulfone groups is 1. The van der Waals surface area contributed by atoms with Crippen LogP contribution >= 0.6 is 0 Å². The van der Waals surface area contributed by atoms with Gasteiger partial charge in [0, 0.05) is 42.8 Å². The Morgan fingerprint density at radius 2 is 1.74 bits per heavy atom. The van der Waals surface area contributed by atoms with Gasteiger partial charge in [-0.2, -0.15) is 0 Å². The molecule has 5 rings (SSSR count). The van der Waals surface area contributed by atoms with E-state index < -0.39 is 27.0 Å². The molecule has 0 spiro atoms. The number of amides is 1. The van der Waals surface area contributed by atoms with Crippen LogP contribution < -0.4 is 4.74 Å². The van der Waals surface area contributed by atoms with Gasteiger partial charge in [0.15, 0.2) is 9.84 Å². The molecule has 0 radical (unpaired) electrons. The number of aryl methyl sites for hydroxylation is 1. The lowest BCUT2D eigenvalue weighted by atomic mass is 9.76. The molecule has 0 atom stereocenters. The molecular weight excluding hydrogens is 520 g/mol. The number of likely N-dealkylation sites (tertiary alicyclic amines) is 1. The van der Waals surface area contributed by atoms with Crippen molar-refractivity contribution in [1.82, 2.24) is 9.88 Å². The Bertz CT molecular complexity index is 1490. The van der Waals surface area contributed by atoms with Crippen LogP contribution in [-0.4, -0.2) is 69.3 Å². The monoisotopic (exact) mass is 552 g/mol. The van der Waals surface area contributed by atoms with Crippen molar-refractivity contribution in [3.05, 3.63) is 65.9 Å². The number of benzene rings is 2.